The van der Waals surface area contributed by atoms with E-state index in [-0.39, 0.29) is 37.2 Å². The molecule has 1 aromatic carbocycles. The molecule has 0 unspecified atom stereocenters. The van der Waals surface area contributed by atoms with Crippen LogP contribution in [0.25, 0.3) is 0 Å². The first-order chi connectivity index (χ1) is 22.5. The summed E-state index contributed by atoms with van der Waals surface area (Å²) in [5, 5.41) is 38.5. The van der Waals surface area contributed by atoms with Crippen LogP contribution in [0.1, 0.15) is 57.4 Å². The molecular weight excluding hydrogens is 628 g/mol. The number of aliphatic hydroxyl groups is 1. The lowest BCUT2D eigenvalue weighted by molar-refractivity contribution is -0.151. The van der Waals surface area contributed by atoms with E-state index < -0.39 is 52.7 Å². The fraction of sp³-hybridized carbons (Fsp3) is 0.545. The van der Waals surface area contributed by atoms with E-state index in [1.165, 1.54) is 22.9 Å². The maximum atomic E-state index is 13.3. The lowest BCUT2D eigenvalue weighted by Gasteiger charge is -2.42. The molecule has 0 fully saturated rings. The molecule has 6 atom stereocenters. The number of carboxylic acids is 2. The van der Waals surface area contributed by atoms with Gasteiger partial charge in [-0.1, -0.05) is 55.3 Å². The number of hydrogen-bond acceptors (Lipinski definition) is 10. The second-order valence-corrected chi connectivity index (χ2v) is 13.6. The fourth-order valence-electron chi connectivity index (χ4n) is 6.60. The Kier molecular flexibility index (Phi) is 12.6. The van der Waals surface area contributed by atoms with Crippen LogP contribution in [0.4, 0.5) is 0 Å². The Hall–Kier alpha value is -3.72. The molecule has 0 spiro atoms. The van der Waals surface area contributed by atoms with E-state index in [4.69, 9.17) is 9.84 Å². The molecule has 3 aliphatic rings. The Balaban J connectivity index is 1.54. The second-order valence-electron chi connectivity index (χ2n) is 12.2. The summed E-state index contributed by atoms with van der Waals surface area (Å²) in [5.41, 5.74) is 3.36. The van der Waals surface area contributed by atoms with Crippen molar-refractivity contribution in [3.8, 4) is 0 Å². The molecule has 2 amide bonds. The van der Waals surface area contributed by atoms with Crippen LogP contribution in [0.5, 0.6) is 0 Å². The van der Waals surface area contributed by atoms with Gasteiger partial charge in [-0.05, 0) is 62.6 Å². The summed E-state index contributed by atoms with van der Waals surface area (Å²) in [6.07, 6.45) is 4.01. The highest BCUT2D eigenvalue weighted by Crippen LogP contribution is 2.56. The number of carboxylic acid groups (broad SMARTS) is 2. The third-order valence-corrected chi connectivity index (χ3v) is 10.5. The number of carbonyl (C=O) groups excluding carboxylic acids is 3. The molecule has 4 rings (SSSR count). The third kappa shape index (κ3) is 9.01. The number of benzene rings is 1. The van der Waals surface area contributed by atoms with Crippen LogP contribution in [0.15, 0.2) is 53.3 Å². The van der Waals surface area contributed by atoms with Crippen molar-refractivity contribution >= 4 is 41.5 Å². The highest BCUT2D eigenvalue weighted by atomic mass is 32.2. The van der Waals surface area contributed by atoms with E-state index in [0.717, 1.165) is 31.3 Å². The van der Waals surface area contributed by atoms with E-state index >= 15 is 0 Å². The quantitative estimate of drug-likeness (QED) is 0.0676. The molecule has 14 heteroatoms. The number of amides is 2. The molecule has 0 saturated heterocycles. The number of rotatable bonds is 18. The fourth-order valence-corrected chi connectivity index (χ4v) is 8.22. The molecule has 7 N–H and O–H groups in total. The molecule has 13 nitrogen and oxygen atoms in total. The van der Waals surface area contributed by atoms with Crippen LogP contribution in [0, 0.1) is 11.8 Å². The van der Waals surface area contributed by atoms with Crippen molar-refractivity contribution in [3.05, 3.63) is 58.9 Å². The number of nitrogens with one attached hydrogen (secondary N) is 4. The topological polar surface area (TPSA) is 203 Å². The summed E-state index contributed by atoms with van der Waals surface area (Å²) in [4.78, 5) is 62.2. The van der Waals surface area contributed by atoms with Gasteiger partial charge in [-0.2, -0.15) is 0 Å². The predicted octanol–water partition coefficient (Wildman–Crippen LogP) is 1.67. The molecule has 2 aliphatic carbocycles. The molecule has 1 aromatic rings. The van der Waals surface area contributed by atoms with Crippen molar-refractivity contribution in [2.24, 2.45) is 11.8 Å². The highest BCUT2D eigenvalue weighted by molar-refractivity contribution is 8.00. The lowest BCUT2D eigenvalue weighted by Crippen LogP contribution is -2.53. The zero-order chi connectivity index (χ0) is 34.1. The first-order valence-corrected chi connectivity index (χ1v) is 16.9. The number of esters is 1. The summed E-state index contributed by atoms with van der Waals surface area (Å²) in [6, 6.07) is 7.83. The molecule has 0 bridgehead atoms. The second kappa shape index (κ2) is 16.4. The van der Waals surface area contributed by atoms with Gasteiger partial charge < -0.3 is 36.0 Å². The summed E-state index contributed by atoms with van der Waals surface area (Å²) < 4.78 is 5.38. The Morgan fingerprint density at radius 1 is 1.09 bits per heavy atom. The maximum absolute atomic E-state index is 13.3. The minimum absolute atomic E-state index is 0.0109. The van der Waals surface area contributed by atoms with Crippen molar-refractivity contribution in [2.75, 3.05) is 19.5 Å². The maximum Gasteiger partial charge on any atom is 0.353 e. The molecule has 1 heterocycles. The van der Waals surface area contributed by atoms with Crippen LogP contribution in [0.3, 0.4) is 0 Å². The molecule has 256 valence electrons. The van der Waals surface area contributed by atoms with Crippen molar-refractivity contribution in [3.63, 3.8) is 0 Å². The van der Waals surface area contributed by atoms with Gasteiger partial charge in [0.25, 0.3) is 0 Å². The van der Waals surface area contributed by atoms with E-state index in [2.05, 4.69) is 28.1 Å². The summed E-state index contributed by atoms with van der Waals surface area (Å²) in [6.45, 7) is 2.23. The standard InChI is InChI=1S/C33H44N4O9S/c1-3-12-33(13-11-21-15-20(14-19-7-5-4-6-8-19)16-22-26(21)27(33)46-32(22)45)47-17-24(28(39)37-29(40)31(43)44)36-25(38)10-9-23(30(41)42)35-18-34-2/h4-8,16,21-24,29,34-35,40H,3,9-15,17-18H2,1-2H3,(H,36,38)(H,37,39)(H,41,42)(H,43,44)/t21-,22+,23-,24-,29-,33-/m0/s1. The smallest absolute Gasteiger partial charge is 0.353 e. The normalized spacial score (nSPS) is 23.6. The Bertz CT molecular complexity index is 1400. The van der Waals surface area contributed by atoms with Crippen molar-refractivity contribution < 1.29 is 44.0 Å². The van der Waals surface area contributed by atoms with Crippen molar-refractivity contribution in [1.82, 2.24) is 21.3 Å². The predicted molar refractivity (Wildman–Crippen MR) is 174 cm³/mol. The number of allylic oxidation sites excluding steroid dienone is 1. The highest BCUT2D eigenvalue weighted by Gasteiger charge is 2.52. The lowest BCUT2D eigenvalue weighted by atomic mass is 9.69. The van der Waals surface area contributed by atoms with Gasteiger partial charge in [0.05, 0.1) is 4.75 Å². The number of carbonyl (C=O) groups is 5. The number of aliphatic carboxylic acids is 2. The molecular formula is C33H44N4O9S. The molecule has 47 heavy (non-hydrogen) atoms. The van der Waals surface area contributed by atoms with Crippen LogP contribution < -0.4 is 21.3 Å². The Morgan fingerprint density at radius 2 is 1.83 bits per heavy atom. The summed E-state index contributed by atoms with van der Waals surface area (Å²) in [5.74, 6) is -4.34. The van der Waals surface area contributed by atoms with Gasteiger partial charge in [0, 0.05) is 18.8 Å². The van der Waals surface area contributed by atoms with Crippen LogP contribution in [-0.4, -0.2) is 87.6 Å². The average Bonchev–Trinajstić information content (AvgIpc) is 3.38. The Morgan fingerprint density at radius 3 is 2.49 bits per heavy atom. The third-order valence-electron chi connectivity index (χ3n) is 8.82. The largest absolute Gasteiger partial charge is 0.480 e. The van der Waals surface area contributed by atoms with Crippen LogP contribution >= 0.6 is 11.8 Å². The van der Waals surface area contributed by atoms with Crippen LogP contribution in [-0.2, 0) is 35.1 Å². The van der Waals surface area contributed by atoms with E-state index in [1.807, 2.05) is 36.5 Å². The van der Waals surface area contributed by atoms with Gasteiger partial charge in [0.1, 0.15) is 23.8 Å². The van der Waals surface area contributed by atoms with Gasteiger partial charge >= 0.3 is 17.9 Å². The zero-order valence-corrected chi connectivity index (χ0v) is 27.4. The molecule has 0 saturated carbocycles. The number of ether oxygens (including phenoxy) is 1. The van der Waals surface area contributed by atoms with Gasteiger partial charge in [0.2, 0.25) is 18.0 Å². The minimum atomic E-state index is -2.19. The molecule has 1 aliphatic heterocycles. The van der Waals surface area contributed by atoms with E-state index in [1.54, 1.807) is 7.05 Å². The first kappa shape index (κ1) is 36.1. The van der Waals surface area contributed by atoms with Crippen molar-refractivity contribution in [2.45, 2.75) is 81.3 Å². The van der Waals surface area contributed by atoms with Gasteiger partial charge in [0.15, 0.2) is 0 Å². The zero-order valence-electron chi connectivity index (χ0n) is 26.6. The molecule has 0 aromatic heterocycles. The van der Waals surface area contributed by atoms with Gasteiger partial charge in [-0.15, -0.1) is 11.8 Å². The summed E-state index contributed by atoms with van der Waals surface area (Å²) in [7, 11) is 1.64. The van der Waals surface area contributed by atoms with Crippen molar-refractivity contribution in [1.29, 1.82) is 0 Å². The SMILES string of the molecule is CCC[C@]1(SC[C@H](NC(=O)CC[C@H](NCNC)C(=O)O)C(=O)N[C@@H](O)C(=O)O)CC[C@H]2CC(Cc3ccccc3)=C[C@H]3C(=O)OC1=C23. The van der Waals surface area contributed by atoms with E-state index in [0.29, 0.717) is 18.6 Å². The number of aliphatic hydroxyl groups excluding tert-OH is 1. The number of thioether (sulfide) groups is 1. The minimum Gasteiger partial charge on any atom is -0.480 e. The average molecular weight is 673 g/mol. The van der Waals surface area contributed by atoms with E-state index in [9.17, 15) is 34.2 Å². The first-order valence-electron chi connectivity index (χ1n) is 15.9. The number of hydrogen-bond donors (Lipinski definition) is 7. The van der Waals surface area contributed by atoms with Gasteiger partial charge in [-0.3, -0.25) is 24.5 Å². The Labute approximate surface area is 278 Å². The summed E-state index contributed by atoms with van der Waals surface area (Å²) >= 11 is 1.37. The van der Waals surface area contributed by atoms with Gasteiger partial charge in [-0.25, -0.2) is 4.79 Å². The monoisotopic (exact) mass is 672 g/mol. The van der Waals surface area contributed by atoms with Crippen LogP contribution in [0.2, 0.25) is 0 Å². The molecule has 0 radical (unpaired) electrons.